The Morgan fingerprint density at radius 3 is 2.33 bits per heavy atom. The molecule has 2 fully saturated rings. The van der Waals surface area contributed by atoms with Crippen LogP contribution in [0.2, 0.25) is 0 Å². The number of fused-ring (bicyclic) bond motifs is 1. The molecule has 3 atom stereocenters. The molecular formula is C28H30N4O4. The number of carbonyl (C=O) groups excluding carboxylic acids is 2. The van der Waals surface area contributed by atoms with Crippen LogP contribution in [0.4, 0.5) is 11.4 Å². The van der Waals surface area contributed by atoms with Crippen molar-refractivity contribution in [3.8, 4) is 11.5 Å². The van der Waals surface area contributed by atoms with Crippen molar-refractivity contribution in [3.05, 3.63) is 84.4 Å². The third-order valence-corrected chi connectivity index (χ3v) is 6.84. The summed E-state index contributed by atoms with van der Waals surface area (Å²) in [5.41, 5.74) is 5.88. The number of ether oxygens (including phenoxy) is 2. The molecule has 186 valence electrons. The highest BCUT2D eigenvalue weighted by molar-refractivity contribution is 6.00. The van der Waals surface area contributed by atoms with Crippen molar-refractivity contribution >= 4 is 23.2 Å². The van der Waals surface area contributed by atoms with Gasteiger partial charge in [0.2, 0.25) is 11.8 Å². The van der Waals surface area contributed by atoms with Crippen LogP contribution >= 0.6 is 0 Å². The van der Waals surface area contributed by atoms with Crippen molar-refractivity contribution in [3.63, 3.8) is 0 Å². The van der Waals surface area contributed by atoms with E-state index < -0.39 is 5.92 Å². The smallest absolute Gasteiger partial charge is 0.247 e. The Labute approximate surface area is 210 Å². The van der Waals surface area contributed by atoms with Gasteiger partial charge in [0, 0.05) is 31.4 Å². The number of carbonyl (C=O) groups is 2. The lowest BCUT2D eigenvalue weighted by Gasteiger charge is -2.38. The van der Waals surface area contributed by atoms with E-state index in [0.717, 1.165) is 11.3 Å². The maximum atomic E-state index is 13.6. The minimum Gasteiger partial charge on any atom is -0.493 e. The number of hydrogen-bond acceptors (Lipinski definition) is 6. The van der Waals surface area contributed by atoms with Gasteiger partial charge in [-0.05, 0) is 29.8 Å². The van der Waals surface area contributed by atoms with E-state index in [0.29, 0.717) is 36.8 Å². The summed E-state index contributed by atoms with van der Waals surface area (Å²) in [6.07, 6.45) is 0. The zero-order valence-electron chi connectivity index (χ0n) is 20.4. The van der Waals surface area contributed by atoms with E-state index >= 15 is 0 Å². The normalized spacial score (nSPS) is 21.7. The van der Waals surface area contributed by atoms with Gasteiger partial charge >= 0.3 is 0 Å². The highest BCUT2D eigenvalue weighted by Gasteiger charge is 2.50. The summed E-state index contributed by atoms with van der Waals surface area (Å²) in [4.78, 5) is 29.3. The van der Waals surface area contributed by atoms with Gasteiger partial charge in [0.05, 0.1) is 37.8 Å². The van der Waals surface area contributed by atoms with Gasteiger partial charge in [0.1, 0.15) is 0 Å². The van der Waals surface area contributed by atoms with Crippen LogP contribution in [0, 0.1) is 11.8 Å². The summed E-state index contributed by atoms with van der Waals surface area (Å²) < 4.78 is 10.7. The first-order valence-electron chi connectivity index (χ1n) is 12.0. The van der Waals surface area contributed by atoms with Crippen molar-refractivity contribution in [1.82, 2.24) is 10.3 Å². The largest absolute Gasteiger partial charge is 0.493 e. The summed E-state index contributed by atoms with van der Waals surface area (Å²) in [7, 11) is 3.13. The van der Waals surface area contributed by atoms with Crippen molar-refractivity contribution in [2.45, 2.75) is 12.6 Å². The van der Waals surface area contributed by atoms with E-state index in [1.54, 1.807) is 37.4 Å². The van der Waals surface area contributed by atoms with E-state index in [4.69, 9.17) is 9.47 Å². The summed E-state index contributed by atoms with van der Waals surface area (Å²) in [5, 5.41) is 4.63. The molecule has 3 unspecified atom stereocenters. The lowest BCUT2D eigenvalue weighted by atomic mass is 9.83. The lowest BCUT2D eigenvalue weighted by molar-refractivity contribution is -0.126. The number of hydrazine groups is 1. The van der Waals surface area contributed by atoms with Gasteiger partial charge in [0.25, 0.3) is 0 Å². The number of anilines is 2. The van der Waals surface area contributed by atoms with Crippen molar-refractivity contribution in [1.29, 1.82) is 0 Å². The van der Waals surface area contributed by atoms with E-state index in [-0.39, 0.29) is 23.8 Å². The number of piperidine rings is 1. The minimum atomic E-state index is -0.446. The van der Waals surface area contributed by atoms with E-state index in [2.05, 4.69) is 27.8 Å². The van der Waals surface area contributed by atoms with E-state index in [1.807, 2.05) is 48.5 Å². The van der Waals surface area contributed by atoms with Crippen LogP contribution < -0.4 is 25.2 Å². The number of methoxy groups -OCH3 is 2. The molecule has 8 nitrogen and oxygen atoms in total. The molecule has 8 heteroatoms. The van der Waals surface area contributed by atoms with Gasteiger partial charge < -0.3 is 14.8 Å². The summed E-state index contributed by atoms with van der Waals surface area (Å²) in [6.45, 7) is 1.77. The van der Waals surface area contributed by atoms with Gasteiger partial charge in [-0.3, -0.25) is 14.5 Å². The van der Waals surface area contributed by atoms with Gasteiger partial charge in [-0.2, -0.15) is 0 Å². The fraction of sp³-hybridized carbons (Fsp3) is 0.286. The van der Waals surface area contributed by atoms with Crippen molar-refractivity contribution < 1.29 is 19.1 Å². The molecule has 0 spiro atoms. The predicted octanol–water partition coefficient (Wildman–Crippen LogP) is 3.31. The number of para-hydroxylation sites is 1. The lowest BCUT2D eigenvalue weighted by Crippen LogP contribution is -2.55. The molecule has 3 aromatic rings. The second kappa shape index (κ2) is 10.4. The van der Waals surface area contributed by atoms with Gasteiger partial charge in [-0.1, -0.05) is 48.5 Å². The van der Waals surface area contributed by atoms with Crippen LogP contribution in [-0.4, -0.2) is 50.1 Å². The molecule has 36 heavy (non-hydrogen) atoms. The standard InChI is InChI=1S/C28H30N4O4/c1-35-24-14-13-20(15-25(24)36-2)29-27(33)22-17-31(16-19-9-5-3-6-10-19)18-23-26(22)30-32(28(23)34)21-11-7-4-8-12-21/h3-15,22-23,26,30H,16-18H2,1-2H3,(H,29,33). The molecular weight excluding hydrogens is 456 g/mol. The number of nitrogens with zero attached hydrogens (tertiary/aromatic N) is 2. The summed E-state index contributed by atoms with van der Waals surface area (Å²) in [5.74, 6) is 0.163. The Bertz CT molecular complexity index is 1220. The van der Waals surface area contributed by atoms with Crippen molar-refractivity contribution in [2.24, 2.45) is 11.8 Å². The fourth-order valence-corrected chi connectivity index (χ4v) is 5.07. The number of nitrogens with one attached hydrogen (secondary N) is 2. The van der Waals surface area contributed by atoms with Crippen LogP contribution in [-0.2, 0) is 16.1 Å². The Morgan fingerprint density at radius 2 is 1.64 bits per heavy atom. The van der Waals surface area contributed by atoms with Crippen molar-refractivity contribution in [2.75, 3.05) is 37.6 Å². The maximum Gasteiger partial charge on any atom is 0.247 e. The van der Waals surface area contributed by atoms with Gasteiger partial charge in [-0.25, -0.2) is 10.4 Å². The van der Waals surface area contributed by atoms with Crippen LogP contribution in [0.5, 0.6) is 11.5 Å². The molecule has 5 rings (SSSR count). The highest BCUT2D eigenvalue weighted by atomic mass is 16.5. The first-order valence-corrected chi connectivity index (χ1v) is 12.0. The SMILES string of the molecule is COc1ccc(NC(=O)C2CN(Cc3ccccc3)CC3C(=O)N(c4ccccc4)NC23)cc1OC. The summed E-state index contributed by atoms with van der Waals surface area (Å²) in [6, 6.07) is 24.6. The fourth-order valence-electron chi connectivity index (χ4n) is 5.07. The maximum absolute atomic E-state index is 13.6. The number of rotatable bonds is 7. The topological polar surface area (TPSA) is 83.1 Å². The van der Waals surface area contributed by atoms with Crippen LogP contribution in [0.15, 0.2) is 78.9 Å². The molecule has 0 aromatic heterocycles. The molecule has 0 bridgehead atoms. The molecule has 0 radical (unpaired) electrons. The zero-order chi connectivity index (χ0) is 25.1. The van der Waals surface area contributed by atoms with Crippen LogP contribution in [0.3, 0.4) is 0 Å². The average Bonchev–Trinajstić information content (AvgIpc) is 3.25. The minimum absolute atomic E-state index is 0.0205. The first kappa shape index (κ1) is 23.8. The monoisotopic (exact) mass is 486 g/mol. The van der Waals surface area contributed by atoms with Gasteiger partial charge in [-0.15, -0.1) is 0 Å². The average molecular weight is 487 g/mol. The third-order valence-electron chi connectivity index (χ3n) is 6.84. The molecule has 2 heterocycles. The van der Waals surface area contributed by atoms with Crippen LogP contribution in [0.1, 0.15) is 5.56 Å². The molecule has 0 aliphatic carbocycles. The molecule has 0 saturated carbocycles. The number of amides is 2. The number of benzene rings is 3. The molecule has 2 N–H and O–H groups in total. The van der Waals surface area contributed by atoms with E-state index in [1.165, 1.54) is 0 Å². The summed E-state index contributed by atoms with van der Waals surface area (Å²) >= 11 is 0. The Hall–Kier alpha value is -3.88. The Balaban J connectivity index is 1.41. The molecule has 2 aliphatic rings. The molecule has 2 saturated heterocycles. The number of hydrogen-bond donors (Lipinski definition) is 2. The highest BCUT2D eigenvalue weighted by Crippen LogP contribution is 2.34. The Kier molecular flexibility index (Phi) is 6.88. The van der Waals surface area contributed by atoms with Crippen LogP contribution in [0.25, 0.3) is 0 Å². The predicted molar refractivity (Wildman–Crippen MR) is 138 cm³/mol. The van der Waals surface area contributed by atoms with Gasteiger partial charge in [0.15, 0.2) is 11.5 Å². The second-order valence-corrected chi connectivity index (χ2v) is 9.12. The Morgan fingerprint density at radius 1 is 0.944 bits per heavy atom. The first-order chi connectivity index (χ1) is 17.6. The number of likely N-dealkylation sites (tertiary alicyclic amines) is 1. The second-order valence-electron chi connectivity index (χ2n) is 9.12. The molecule has 2 amide bonds. The third kappa shape index (κ3) is 4.78. The van der Waals surface area contributed by atoms with E-state index in [9.17, 15) is 9.59 Å². The quantitative estimate of drug-likeness (QED) is 0.533. The zero-order valence-corrected chi connectivity index (χ0v) is 20.4. The molecule has 2 aliphatic heterocycles. The molecule has 3 aromatic carbocycles.